The molecular weight excluding hydrogens is 428 g/mol. The van der Waals surface area contributed by atoms with Gasteiger partial charge in [-0.25, -0.2) is 8.42 Å². The minimum absolute atomic E-state index is 0.0359. The SMILES string of the molecule is COc1ccc2c(c1)CCN(S(=O)(=O)CCNC(=O)COc1ccc3ccccc3c1)C2. The Morgan fingerprint density at radius 3 is 2.59 bits per heavy atom. The number of ether oxygens (including phenoxy) is 2. The minimum Gasteiger partial charge on any atom is -0.497 e. The molecule has 0 bridgehead atoms. The summed E-state index contributed by atoms with van der Waals surface area (Å²) in [4.78, 5) is 12.1. The monoisotopic (exact) mass is 454 g/mol. The first-order valence-corrected chi connectivity index (χ1v) is 12.1. The van der Waals surface area contributed by atoms with Crippen LogP contribution in [0.5, 0.6) is 11.5 Å². The average Bonchev–Trinajstić information content (AvgIpc) is 2.81. The van der Waals surface area contributed by atoms with Gasteiger partial charge in [0.15, 0.2) is 6.61 Å². The Bertz CT molecular complexity index is 1230. The lowest BCUT2D eigenvalue weighted by atomic mass is 10.0. The van der Waals surface area contributed by atoms with Crippen LogP contribution in [0.25, 0.3) is 10.8 Å². The van der Waals surface area contributed by atoms with Crippen molar-refractivity contribution in [2.24, 2.45) is 0 Å². The molecule has 0 fully saturated rings. The third-order valence-corrected chi connectivity index (χ3v) is 7.38. The van der Waals surface area contributed by atoms with Gasteiger partial charge in [0, 0.05) is 19.6 Å². The highest BCUT2D eigenvalue weighted by molar-refractivity contribution is 7.89. The predicted molar refractivity (Wildman–Crippen MR) is 123 cm³/mol. The molecule has 0 atom stereocenters. The zero-order valence-electron chi connectivity index (χ0n) is 17.9. The van der Waals surface area contributed by atoms with E-state index in [0.717, 1.165) is 27.6 Å². The first-order valence-electron chi connectivity index (χ1n) is 10.5. The molecule has 0 aromatic heterocycles. The third kappa shape index (κ3) is 5.20. The molecule has 168 valence electrons. The number of fused-ring (bicyclic) bond motifs is 2. The van der Waals surface area contributed by atoms with Crippen molar-refractivity contribution in [3.05, 3.63) is 71.8 Å². The zero-order chi connectivity index (χ0) is 22.6. The number of hydrogen-bond acceptors (Lipinski definition) is 5. The highest BCUT2D eigenvalue weighted by atomic mass is 32.2. The summed E-state index contributed by atoms with van der Waals surface area (Å²) in [5.41, 5.74) is 2.09. The second kappa shape index (κ2) is 9.58. The number of methoxy groups -OCH3 is 1. The van der Waals surface area contributed by atoms with E-state index >= 15 is 0 Å². The lowest BCUT2D eigenvalue weighted by Crippen LogP contribution is -2.41. The van der Waals surface area contributed by atoms with Crippen molar-refractivity contribution in [3.8, 4) is 11.5 Å². The van der Waals surface area contributed by atoms with Crippen LogP contribution in [-0.4, -0.2) is 51.2 Å². The highest BCUT2D eigenvalue weighted by Gasteiger charge is 2.26. The molecule has 8 heteroatoms. The predicted octanol–water partition coefficient (Wildman–Crippen LogP) is 2.73. The molecular formula is C24H26N2O5S. The van der Waals surface area contributed by atoms with Crippen LogP contribution in [0.15, 0.2) is 60.7 Å². The molecule has 3 aromatic carbocycles. The number of nitrogens with zero attached hydrogens (tertiary/aromatic N) is 1. The van der Waals surface area contributed by atoms with Crippen LogP contribution in [0.2, 0.25) is 0 Å². The fourth-order valence-corrected chi connectivity index (χ4v) is 5.10. The second-order valence-corrected chi connectivity index (χ2v) is 9.77. The number of benzene rings is 3. The van der Waals surface area contributed by atoms with E-state index in [1.807, 2.05) is 60.7 Å². The number of carbonyl (C=O) groups excluding carboxylic acids is 1. The second-order valence-electron chi connectivity index (χ2n) is 7.68. The van der Waals surface area contributed by atoms with E-state index in [9.17, 15) is 13.2 Å². The number of carbonyl (C=O) groups is 1. The summed E-state index contributed by atoms with van der Waals surface area (Å²) in [6.45, 7) is 0.619. The third-order valence-electron chi connectivity index (χ3n) is 5.56. The van der Waals surface area contributed by atoms with Crippen LogP contribution in [-0.2, 0) is 27.8 Å². The van der Waals surface area contributed by atoms with Gasteiger partial charge in [-0.05, 0) is 52.6 Å². The Morgan fingerprint density at radius 2 is 1.78 bits per heavy atom. The number of hydrogen-bond donors (Lipinski definition) is 1. The standard InChI is InChI=1S/C24H26N2O5S/c1-30-22-8-7-21-16-26(12-10-20(21)14-22)32(28,29)13-11-25-24(27)17-31-23-9-6-18-4-2-3-5-19(18)15-23/h2-9,14-15H,10-13,16-17H2,1H3,(H,25,27). The van der Waals surface area contributed by atoms with Crippen molar-refractivity contribution >= 4 is 26.7 Å². The maximum absolute atomic E-state index is 12.7. The molecule has 1 N–H and O–H groups in total. The van der Waals surface area contributed by atoms with Gasteiger partial charge in [-0.2, -0.15) is 4.31 Å². The summed E-state index contributed by atoms with van der Waals surface area (Å²) in [7, 11) is -1.87. The molecule has 0 unspecified atom stereocenters. The molecule has 1 aliphatic heterocycles. The number of nitrogens with one attached hydrogen (secondary N) is 1. The fourth-order valence-electron chi connectivity index (χ4n) is 3.77. The van der Waals surface area contributed by atoms with Gasteiger partial charge in [0.05, 0.1) is 12.9 Å². The molecule has 7 nitrogen and oxygen atoms in total. The van der Waals surface area contributed by atoms with E-state index < -0.39 is 10.0 Å². The molecule has 0 spiro atoms. The van der Waals surface area contributed by atoms with Gasteiger partial charge in [0.2, 0.25) is 10.0 Å². The lowest BCUT2D eigenvalue weighted by Gasteiger charge is -2.28. The van der Waals surface area contributed by atoms with E-state index in [2.05, 4.69) is 5.32 Å². The van der Waals surface area contributed by atoms with Crippen LogP contribution in [0.1, 0.15) is 11.1 Å². The van der Waals surface area contributed by atoms with Gasteiger partial charge in [0.1, 0.15) is 11.5 Å². The molecule has 32 heavy (non-hydrogen) atoms. The minimum atomic E-state index is -3.48. The van der Waals surface area contributed by atoms with E-state index in [1.165, 1.54) is 4.31 Å². The van der Waals surface area contributed by atoms with E-state index in [1.54, 1.807) is 7.11 Å². The smallest absolute Gasteiger partial charge is 0.257 e. The van der Waals surface area contributed by atoms with Crippen LogP contribution >= 0.6 is 0 Å². The first kappa shape index (κ1) is 22.1. The Balaban J connectivity index is 1.25. The Hall–Kier alpha value is -3.10. The topological polar surface area (TPSA) is 84.9 Å². The lowest BCUT2D eigenvalue weighted by molar-refractivity contribution is -0.122. The molecule has 0 saturated heterocycles. The first-order chi connectivity index (χ1) is 15.4. The molecule has 1 amide bonds. The van der Waals surface area contributed by atoms with Crippen LogP contribution in [0.3, 0.4) is 0 Å². The normalized spacial score (nSPS) is 14.0. The Labute approximate surface area is 188 Å². The van der Waals surface area contributed by atoms with E-state index in [-0.39, 0.29) is 24.8 Å². The molecule has 1 heterocycles. The number of sulfonamides is 1. The highest BCUT2D eigenvalue weighted by Crippen LogP contribution is 2.25. The van der Waals surface area contributed by atoms with Crippen LogP contribution in [0, 0.1) is 0 Å². The van der Waals surface area contributed by atoms with Gasteiger partial charge in [-0.3, -0.25) is 4.79 Å². The molecule has 0 saturated carbocycles. The average molecular weight is 455 g/mol. The maximum atomic E-state index is 12.7. The van der Waals surface area contributed by atoms with Gasteiger partial charge in [-0.15, -0.1) is 0 Å². The van der Waals surface area contributed by atoms with E-state index in [0.29, 0.717) is 25.3 Å². The zero-order valence-corrected chi connectivity index (χ0v) is 18.7. The van der Waals surface area contributed by atoms with Crippen LogP contribution < -0.4 is 14.8 Å². The summed E-state index contributed by atoms with van der Waals surface area (Å²) in [5.74, 6) is 0.855. The molecule has 4 rings (SSSR count). The van der Waals surface area contributed by atoms with Crippen molar-refractivity contribution in [1.82, 2.24) is 9.62 Å². The largest absolute Gasteiger partial charge is 0.497 e. The molecule has 0 aliphatic carbocycles. The van der Waals surface area contributed by atoms with E-state index in [4.69, 9.17) is 9.47 Å². The van der Waals surface area contributed by atoms with Crippen molar-refractivity contribution < 1.29 is 22.7 Å². The number of rotatable bonds is 8. The summed E-state index contributed by atoms with van der Waals surface area (Å²) in [5, 5.41) is 4.75. The van der Waals surface area contributed by atoms with Gasteiger partial charge >= 0.3 is 0 Å². The van der Waals surface area contributed by atoms with Gasteiger partial charge in [0.25, 0.3) is 5.91 Å². The molecule has 1 aliphatic rings. The number of amides is 1. The molecule has 3 aromatic rings. The van der Waals surface area contributed by atoms with Crippen molar-refractivity contribution in [3.63, 3.8) is 0 Å². The van der Waals surface area contributed by atoms with Crippen molar-refractivity contribution in [1.29, 1.82) is 0 Å². The summed E-state index contributed by atoms with van der Waals surface area (Å²) >= 11 is 0. The van der Waals surface area contributed by atoms with Crippen molar-refractivity contribution in [2.45, 2.75) is 13.0 Å². The quantitative estimate of drug-likeness (QED) is 0.566. The summed E-state index contributed by atoms with van der Waals surface area (Å²) in [6.07, 6.45) is 0.637. The van der Waals surface area contributed by atoms with Gasteiger partial charge in [-0.1, -0.05) is 36.4 Å². The summed E-state index contributed by atoms with van der Waals surface area (Å²) in [6, 6.07) is 19.2. The van der Waals surface area contributed by atoms with Crippen LogP contribution in [0.4, 0.5) is 0 Å². The van der Waals surface area contributed by atoms with Gasteiger partial charge < -0.3 is 14.8 Å². The fraction of sp³-hybridized carbons (Fsp3) is 0.292. The maximum Gasteiger partial charge on any atom is 0.257 e. The Morgan fingerprint density at radius 1 is 1.00 bits per heavy atom. The van der Waals surface area contributed by atoms with Crippen molar-refractivity contribution in [2.75, 3.05) is 32.6 Å². The summed E-state index contributed by atoms with van der Waals surface area (Å²) < 4.78 is 37.7. The Kier molecular flexibility index (Phi) is 6.62. The molecule has 0 radical (unpaired) electrons.